The van der Waals surface area contributed by atoms with Gasteiger partial charge < -0.3 is 10.1 Å². The van der Waals surface area contributed by atoms with Gasteiger partial charge in [-0.15, -0.1) is 0 Å². The number of nitrogens with zero attached hydrogens (tertiary/aromatic N) is 2. The SMILES string of the molecule is CCCOC1=CCC(n2cc(C3NC(=O)NC3=O)c(-c3ccc(F)cc3)n2)C=C1. The molecule has 0 saturated carbocycles. The van der Waals surface area contributed by atoms with E-state index in [0.29, 0.717) is 29.8 Å². The third kappa shape index (κ3) is 3.91. The molecule has 2 unspecified atom stereocenters. The van der Waals surface area contributed by atoms with Gasteiger partial charge in [0.25, 0.3) is 5.91 Å². The van der Waals surface area contributed by atoms with Crippen LogP contribution in [0.3, 0.4) is 0 Å². The molecule has 8 heteroatoms. The predicted octanol–water partition coefficient (Wildman–Crippen LogP) is 3.38. The van der Waals surface area contributed by atoms with Crippen LogP contribution in [0.25, 0.3) is 11.3 Å². The van der Waals surface area contributed by atoms with Crippen LogP contribution in [0.5, 0.6) is 0 Å². The molecule has 1 aromatic heterocycles. The minimum absolute atomic E-state index is 0.0582. The van der Waals surface area contributed by atoms with Crippen molar-refractivity contribution in [3.05, 3.63) is 65.8 Å². The van der Waals surface area contributed by atoms with Gasteiger partial charge in [-0.3, -0.25) is 14.8 Å². The van der Waals surface area contributed by atoms with Crippen LogP contribution < -0.4 is 10.6 Å². The molecular weight excluding hydrogens is 375 g/mol. The molecule has 0 spiro atoms. The van der Waals surface area contributed by atoms with E-state index in [1.807, 2.05) is 18.2 Å². The quantitative estimate of drug-likeness (QED) is 0.733. The Kier molecular flexibility index (Phi) is 5.16. The molecule has 1 aliphatic heterocycles. The summed E-state index contributed by atoms with van der Waals surface area (Å²) in [5.41, 5.74) is 1.75. The molecule has 3 amide bonds. The highest BCUT2D eigenvalue weighted by Crippen LogP contribution is 2.32. The summed E-state index contributed by atoms with van der Waals surface area (Å²) in [7, 11) is 0. The third-order valence-corrected chi connectivity index (χ3v) is 4.82. The number of nitrogens with one attached hydrogen (secondary N) is 2. The van der Waals surface area contributed by atoms with Gasteiger partial charge in [-0.2, -0.15) is 5.10 Å². The molecule has 150 valence electrons. The minimum Gasteiger partial charge on any atom is -0.494 e. The second kappa shape index (κ2) is 7.90. The molecule has 0 bridgehead atoms. The molecule has 1 fully saturated rings. The zero-order valence-corrected chi connectivity index (χ0v) is 15.9. The topological polar surface area (TPSA) is 85.2 Å². The zero-order valence-electron chi connectivity index (χ0n) is 15.9. The summed E-state index contributed by atoms with van der Waals surface area (Å²) >= 11 is 0. The summed E-state index contributed by atoms with van der Waals surface area (Å²) in [6.45, 7) is 2.72. The maximum absolute atomic E-state index is 13.4. The van der Waals surface area contributed by atoms with Crippen molar-refractivity contribution < 1.29 is 18.7 Å². The number of benzene rings is 1. The molecule has 1 aromatic carbocycles. The van der Waals surface area contributed by atoms with E-state index in [2.05, 4.69) is 22.7 Å². The maximum Gasteiger partial charge on any atom is 0.322 e. The van der Waals surface area contributed by atoms with Crippen LogP contribution >= 0.6 is 0 Å². The lowest BCUT2D eigenvalue weighted by Gasteiger charge is -2.17. The van der Waals surface area contributed by atoms with Gasteiger partial charge in [0, 0.05) is 17.3 Å². The van der Waals surface area contributed by atoms with E-state index in [4.69, 9.17) is 4.74 Å². The van der Waals surface area contributed by atoms with E-state index in [1.165, 1.54) is 12.1 Å². The van der Waals surface area contributed by atoms with E-state index in [1.54, 1.807) is 23.0 Å². The fourth-order valence-electron chi connectivity index (χ4n) is 3.37. The molecule has 2 atom stereocenters. The van der Waals surface area contributed by atoms with E-state index >= 15 is 0 Å². The first kappa shape index (κ1) is 18.9. The van der Waals surface area contributed by atoms with Gasteiger partial charge in [-0.05, 0) is 49.3 Å². The number of carbonyl (C=O) groups excluding carboxylic acids is 2. The van der Waals surface area contributed by atoms with Crippen LogP contribution in [-0.2, 0) is 9.53 Å². The second-order valence-electron chi connectivity index (χ2n) is 6.93. The predicted molar refractivity (Wildman–Crippen MR) is 104 cm³/mol. The fourth-order valence-corrected chi connectivity index (χ4v) is 3.37. The molecule has 4 rings (SSSR count). The first-order chi connectivity index (χ1) is 14.0. The summed E-state index contributed by atoms with van der Waals surface area (Å²) in [5, 5.41) is 9.52. The Balaban J connectivity index is 1.66. The number of ether oxygens (including phenoxy) is 1. The molecule has 0 radical (unpaired) electrons. The Labute approximate surface area is 167 Å². The van der Waals surface area contributed by atoms with Crippen molar-refractivity contribution in [3.8, 4) is 11.3 Å². The first-order valence-corrected chi connectivity index (χ1v) is 9.52. The largest absolute Gasteiger partial charge is 0.494 e. The fraction of sp³-hybridized carbons (Fsp3) is 0.286. The number of allylic oxidation sites excluding steroid dienone is 3. The zero-order chi connectivity index (χ0) is 20.4. The van der Waals surface area contributed by atoms with Gasteiger partial charge >= 0.3 is 6.03 Å². The highest BCUT2D eigenvalue weighted by Gasteiger charge is 2.35. The summed E-state index contributed by atoms with van der Waals surface area (Å²) in [4.78, 5) is 23.8. The second-order valence-corrected chi connectivity index (χ2v) is 6.93. The Bertz CT molecular complexity index is 994. The molecule has 29 heavy (non-hydrogen) atoms. The average Bonchev–Trinajstić information content (AvgIpc) is 3.30. The highest BCUT2D eigenvalue weighted by atomic mass is 19.1. The van der Waals surface area contributed by atoms with Crippen molar-refractivity contribution in [1.82, 2.24) is 20.4 Å². The van der Waals surface area contributed by atoms with Crippen molar-refractivity contribution in [2.45, 2.75) is 31.8 Å². The van der Waals surface area contributed by atoms with Gasteiger partial charge in [-0.25, -0.2) is 9.18 Å². The Morgan fingerprint density at radius 3 is 2.69 bits per heavy atom. The molecule has 2 aromatic rings. The number of carbonyl (C=O) groups is 2. The minimum atomic E-state index is -0.845. The van der Waals surface area contributed by atoms with E-state index in [0.717, 1.165) is 12.2 Å². The van der Waals surface area contributed by atoms with Gasteiger partial charge in [0.15, 0.2) is 0 Å². The van der Waals surface area contributed by atoms with Gasteiger partial charge in [0.2, 0.25) is 0 Å². The van der Waals surface area contributed by atoms with Crippen molar-refractivity contribution in [2.24, 2.45) is 0 Å². The third-order valence-electron chi connectivity index (χ3n) is 4.82. The standard InChI is InChI=1S/C21H21FN4O3/c1-2-11-29-16-9-7-15(8-10-16)26-12-17(19-20(27)24-21(28)23-19)18(25-26)13-3-5-14(22)6-4-13/h3-7,9-10,12,15,19H,2,8,11H2,1H3,(H2,23,24,27,28). The molecule has 2 aliphatic rings. The first-order valence-electron chi connectivity index (χ1n) is 9.52. The van der Waals surface area contributed by atoms with E-state index < -0.39 is 18.0 Å². The van der Waals surface area contributed by atoms with Gasteiger partial charge in [0.05, 0.1) is 18.3 Å². The number of rotatable bonds is 6. The van der Waals surface area contributed by atoms with Crippen LogP contribution in [-0.4, -0.2) is 28.3 Å². The Morgan fingerprint density at radius 2 is 2.07 bits per heavy atom. The van der Waals surface area contributed by atoms with E-state index in [-0.39, 0.29) is 11.9 Å². The molecule has 1 saturated heterocycles. The monoisotopic (exact) mass is 396 g/mol. The number of urea groups is 1. The maximum atomic E-state index is 13.4. The number of amides is 3. The van der Waals surface area contributed by atoms with Crippen LogP contribution in [0.4, 0.5) is 9.18 Å². The normalized spacial score (nSPS) is 21.0. The highest BCUT2D eigenvalue weighted by molar-refractivity contribution is 6.05. The summed E-state index contributed by atoms with van der Waals surface area (Å²) < 4.78 is 20.8. The number of hydrogen-bond donors (Lipinski definition) is 2. The molecular formula is C21H21FN4O3. The van der Waals surface area contributed by atoms with Crippen molar-refractivity contribution in [3.63, 3.8) is 0 Å². The Morgan fingerprint density at radius 1 is 1.28 bits per heavy atom. The summed E-state index contributed by atoms with van der Waals surface area (Å²) in [6, 6.07) is 4.44. The molecule has 7 nitrogen and oxygen atoms in total. The lowest BCUT2D eigenvalue weighted by molar-refractivity contribution is -0.120. The molecule has 2 N–H and O–H groups in total. The summed E-state index contributed by atoms with van der Waals surface area (Å²) in [5.74, 6) is 0.0329. The van der Waals surface area contributed by atoms with Crippen molar-refractivity contribution in [2.75, 3.05) is 6.61 Å². The smallest absolute Gasteiger partial charge is 0.322 e. The Hall–Kier alpha value is -3.42. The van der Waals surface area contributed by atoms with Crippen LogP contribution in [0.2, 0.25) is 0 Å². The van der Waals surface area contributed by atoms with Gasteiger partial charge in [-0.1, -0.05) is 13.0 Å². The van der Waals surface area contributed by atoms with Crippen molar-refractivity contribution >= 4 is 11.9 Å². The molecule has 2 heterocycles. The number of aromatic nitrogens is 2. The number of hydrogen-bond acceptors (Lipinski definition) is 4. The van der Waals surface area contributed by atoms with Crippen molar-refractivity contribution in [1.29, 1.82) is 0 Å². The van der Waals surface area contributed by atoms with Crippen LogP contribution in [0.15, 0.2) is 54.4 Å². The molecule has 1 aliphatic carbocycles. The van der Waals surface area contributed by atoms with Crippen LogP contribution in [0.1, 0.15) is 37.4 Å². The number of imide groups is 1. The van der Waals surface area contributed by atoms with Gasteiger partial charge in [0.1, 0.15) is 17.6 Å². The van der Waals surface area contributed by atoms with Crippen LogP contribution in [0, 0.1) is 5.82 Å². The lowest BCUT2D eigenvalue weighted by Crippen LogP contribution is -2.22. The van der Waals surface area contributed by atoms with E-state index in [9.17, 15) is 14.0 Å². The summed E-state index contributed by atoms with van der Waals surface area (Å²) in [6.07, 6.45) is 9.28. The lowest BCUT2D eigenvalue weighted by atomic mass is 10.0. The number of halogens is 1. The average molecular weight is 396 g/mol.